The fourth-order valence-electron chi connectivity index (χ4n) is 1.04. The Labute approximate surface area is 80.9 Å². The molecule has 5 heteroatoms. The van der Waals surface area contributed by atoms with Crippen LogP contribution in [0.4, 0.5) is 5.69 Å². The molecule has 0 spiro atoms. The molecule has 5 nitrogen and oxygen atoms in total. The Balaban J connectivity index is 3.13. The molecule has 74 valence electrons. The van der Waals surface area contributed by atoms with Gasteiger partial charge >= 0.3 is 0 Å². The van der Waals surface area contributed by atoms with Crippen molar-refractivity contribution in [1.82, 2.24) is 0 Å². The SMILES string of the molecule is COc1ccc(C(N)=O)cc1NC=O. The van der Waals surface area contributed by atoms with Gasteiger partial charge in [0, 0.05) is 5.56 Å². The fourth-order valence-corrected chi connectivity index (χ4v) is 1.04. The zero-order chi connectivity index (χ0) is 10.6. The maximum atomic E-state index is 10.8. The summed E-state index contributed by atoms with van der Waals surface area (Å²) < 4.78 is 4.96. The molecule has 0 atom stereocenters. The number of anilines is 1. The minimum absolute atomic E-state index is 0.315. The highest BCUT2D eigenvalue weighted by molar-refractivity contribution is 5.95. The molecule has 0 fully saturated rings. The van der Waals surface area contributed by atoms with Crippen LogP contribution in [-0.2, 0) is 4.79 Å². The third-order valence-electron chi connectivity index (χ3n) is 1.70. The first kappa shape index (κ1) is 10.0. The molecule has 14 heavy (non-hydrogen) atoms. The first-order chi connectivity index (χ1) is 6.69. The molecule has 0 radical (unpaired) electrons. The Morgan fingerprint density at radius 1 is 1.57 bits per heavy atom. The second-order valence-corrected chi connectivity index (χ2v) is 2.54. The fraction of sp³-hybridized carbons (Fsp3) is 0.111. The van der Waals surface area contributed by atoms with E-state index in [9.17, 15) is 9.59 Å². The van der Waals surface area contributed by atoms with E-state index in [-0.39, 0.29) is 0 Å². The second-order valence-electron chi connectivity index (χ2n) is 2.54. The van der Waals surface area contributed by atoms with Crippen LogP contribution in [0.15, 0.2) is 18.2 Å². The lowest BCUT2D eigenvalue weighted by molar-refractivity contribution is -0.105. The number of nitrogens with one attached hydrogen (secondary N) is 1. The summed E-state index contributed by atoms with van der Waals surface area (Å²) in [5.41, 5.74) is 5.80. The van der Waals surface area contributed by atoms with Crippen LogP contribution < -0.4 is 15.8 Å². The number of amides is 2. The van der Waals surface area contributed by atoms with Gasteiger partial charge in [0.2, 0.25) is 12.3 Å². The van der Waals surface area contributed by atoms with Crippen molar-refractivity contribution in [3.63, 3.8) is 0 Å². The molecule has 1 rings (SSSR count). The van der Waals surface area contributed by atoms with E-state index in [1.54, 1.807) is 6.07 Å². The molecular weight excluding hydrogens is 184 g/mol. The zero-order valence-corrected chi connectivity index (χ0v) is 7.61. The summed E-state index contributed by atoms with van der Waals surface area (Å²) in [7, 11) is 1.47. The maximum absolute atomic E-state index is 10.8. The van der Waals surface area contributed by atoms with Crippen LogP contribution >= 0.6 is 0 Å². The van der Waals surface area contributed by atoms with Gasteiger partial charge in [0.25, 0.3) is 0 Å². The molecule has 0 heterocycles. The Morgan fingerprint density at radius 2 is 2.29 bits per heavy atom. The number of ether oxygens (including phenoxy) is 1. The smallest absolute Gasteiger partial charge is 0.248 e. The Kier molecular flexibility index (Phi) is 3.06. The van der Waals surface area contributed by atoms with Gasteiger partial charge in [-0.3, -0.25) is 9.59 Å². The summed E-state index contributed by atoms with van der Waals surface area (Å²) in [5.74, 6) is -0.0799. The van der Waals surface area contributed by atoms with Crippen molar-refractivity contribution in [3.8, 4) is 5.75 Å². The molecule has 1 aromatic rings. The van der Waals surface area contributed by atoms with E-state index in [1.807, 2.05) is 0 Å². The number of rotatable bonds is 4. The van der Waals surface area contributed by atoms with Crippen molar-refractivity contribution in [2.24, 2.45) is 5.73 Å². The Morgan fingerprint density at radius 3 is 2.79 bits per heavy atom. The molecule has 0 saturated heterocycles. The minimum Gasteiger partial charge on any atom is -0.495 e. The molecule has 0 unspecified atom stereocenters. The van der Waals surface area contributed by atoms with Crippen molar-refractivity contribution in [2.75, 3.05) is 12.4 Å². The summed E-state index contributed by atoms with van der Waals surface area (Å²) in [6.45, 7) is 0. The van der Waals surface area contributed by atoms with Crippen molar-refractivity contribution in [2.45, 2.75) is 0 Å². The number of carbonyl (C=O) groups excluding carboxylic acids is 2. The molecule has 0 aliphatic carbocycles. The van der Waals surface area contributed by atoms with Gasteiger partial charge in [-0.05, 0) is 18.2 Å². The molecule has 1 aromatic carbocycles. The standard InChI is InChI=1S/C9H10N2O3/c1-14-8-3-2-6(9(10)13)4-7(8)11-5-12/h2-5H,1H3,(H2,10,13)(H,11,12). The number of hydrogen-bond acceptors (Lipinski definition) is 3. The molecule has 0 bridgehead atoms. The lowest BCUT2D eigenvalue weighted by Gasteiger charge is -2.07. The molecule has 2 amide bonds. The zero-order valence-electron chi connectivity index (χ0n) is 7.61. The third-order valence-corrected chi connectivity index (χ3v) is 1.70. The van der Waals surface area contributed by atoms with E-state index in [0.29, 0.717) is 23.4 Å². The van der Waals surface area contributed by atoms with Crippen molar-refractivity contribution >= 4 is 18.0 Å². The molecule has 3 N–H and O–H groups in total. The van der Waals surface area contributed by atoms with E-state index in [1.165, 1.54) is 19.2 Å². The van der Waals surface area contributed by atoms with Crippen molar-refractivity contribution < 1.29 is 14.3 Å². The quantitative estimate of drug-likeness (QED) is 0.679. The Bertz CT molecular complexity index is 363. The monoisotopic (exact) mass is 194 g/mol. The van der Waals surface area contributed by atoms with E-state index in [4.69, 9.17) is 10.5 Å². The summed E-state index contributed by atoms with van der Waals surface area (Å²) in [6.07, 6.45) is 0.503. The van der Waals surface area contributed by atoms with Crippen LogP contribution in [0, 0.1) is 0 Å². The topological polar surface area (TPSA) is 81.4 Å². The van der Waals surface area contributed by atoms with Crippen LogP contribution in [0.3, 0.4) is 0 Å². The Hall–Kier alpha value is -2.04. The van der Waals surface area contributed by atoms with Crippen LogP contribution in [0.25, 0.3) is 0 Å². The van der Waals surface area contributed by atoms with Gasteiger partial charge in [0.1, 0.15) is 5.75 Å². The van der Waals surface area contributed by atoms with E-state index < -0.39 is 5.91 Å². The summed E-state index contributed by atoms with van der Waals surface area (Å²) >= 11 is 0. The third kappa shape index (κ3) is 2.01. The van der Waals surface area contributed by atoms with E-state index in [0.717, 1.165) is 0 Å². The highest BCUT2D eigenvalue weighted by Crippen LogP contribution is 2.24. The number of hydrogen-bond donors (Lipinski definition) is 2. The average Bonchev–Trinajstić information content (AvgIpc) is 2.18. The highest BCUT2D eigenvalue weighted by atomic mass is 16.5. The van der Waals surface area contributed by atoms with Crippen LogP contribution in [0.5, 0.6) is 5.75 Å². The van der Waals surface area contributed by atoms with Gasteiger partial charge in [0.15, 0.2) is 0 Å². The molecule has 0 saturated carbocycles. The largest absolute Gasteiger partial charge is 0.495 e. The second kappa shape index (κ2) is 4.27. The molecule has 0 aliphatic rings. The lowest BCUT2D eigenvalue weighted by atomic mass is 10.2. The summed E-state index contributed by atoms with van der Waals surface area (Å²) in [5, 5.41) is 2.41. The van der Waals surface area contributed by atoms with Gasteiger partial charge in [-0.2, -0.15) is 0 Å². The normalized spacial score (nSPS) is 9.21. The van der Waals surface area contributed by atoms with Crippen molar-refractivity contribution in [3.05, 3.63) is 23.8 Å². The average molecular weight is 194 g/mol. The number of benzene rings is 1. The van der Waals surface area contributed by atoms with Crippen LogP contribution in [0.1, 0.15) is 10.4 Å². The number of carbonyl (C=O) groups is 2. The first-order valence-corrected chi connectivity index (χ1v) is 3.87. The molecule has 0 aliphatic heterocycles. The highest BCUT2D eigenvalue weighted by Gasteiger charge is 2.06. The van der Waals surface area contributed by atoms with E-state index >= 15 is 0 Å². The van der Waals surface area contributed by atoms with Gasteiger partial charge in [-0.15, -0.1) is 0 Å². The van der Waals surface area contributed by atoms with Gasteiger partial charge in [0.05, 0.1) is 12.8 Å². The molecule has 0 aromatic heterocycles. The van der Waals surface area contributed by atoms with Crippen LogP contribution in [0.2, 0.25) is 0 Å². The lowest BCUT2D eigenvalue weighted by Crippen LogP contribution is -2.11. The summed E-state index contributed by atoms with van der Waals surface area (Å²) in [4.78, 5) is 21.1. The predicted molar refractivity (Wildman–Crippen MR) is 51.2 cm³/mol. The van der Waals surface area contributed by atoms with Gasteiger partial charge in [-0.25, -0.2) is 0 Å². The first-order valence-electron chi connectivity index (χ1n) is 3.87. The van der Waals surface area contributed by atoms with E-state index in [2.05, 4.69) is 5.32 Å². The number of methoxy groups -OCH3 is 1. The van der Waals surface area contributed by atoms with Gasteiger partial charge < -0.3 is 15.8 Å². The number of nitrogens with two attached hydrogens (primary N) is 1. The molecular formula is C9H10N2O3. The summed E-state index contributed by atoms with van der Waals surface area (Å²) in [6, 6.07) is 4.54. The van der Waals surface area contributed by atoms with Crippen LogP contribution in [-0.4, -0.2) is 19.4 Å². The number of primary amides is 1. The van der Waals surface area contributed by atoms with Gasteiger partial charge in [-0.1, -0.05) is 0 Å². The van der Waals surface area contributed by atoms with Crippen molar-refractivity contribution in [1.29, 1.82) is 0 Å². The predicted octanol–water partition coefficient (Wildman–Crippen LogP) is 0.362. The minimum atomic E-state index is -0.554. The maximum Gasteiger partial charge on any atom is 0.248 e.